The topological polar surface area (TPSA) is 91.6 Å². The van der Waals surface area contributed by atoms with Crippen molar-refractivity contribution < 1.29 is 17.9 Å². The SMILES string of the molecule is CNS(=O)(=O)c1ccc(CNCc2ccc(O)cc2)o1. The maximum Gasteiger partial charge on any atom is 0.273 e. The molecule has 1 heterocycles. The van der Waals surface area contributed by atoms with E-state index in [2.05, 4.69) is 10.0 Å². The third-order valence-corrected chi connectivity index (χ3v) is 4.02. The van der Waals surface area contributed by atoms with Crippen molar-refractivity contribution in [2.45, 2.75) is 18.2 Å². The van der Waals surface area contributed by atoms with Gasteiger partial charge in [0, 0.05) is 6.54 Å². The molecule has 2 aromatic rings. The maximum absolute atomic E-state index is 11.5. The van der Waals surface area contributed by atoms with E-state index in [1.54, 1.807) is 30.3 Å². The van der Waals surface area contributed by atoms with Crippen LogP contribution in [0, 0.1) is 0 Å². The van der Waals surface area contributed by atoms with E-state index >= 15 is 0 Å². The van der Waals surface area contributed by atoms with Crippen LogP contribution in [-0.4, -0.2) is 20.6 Å². The second-order valence-corrected chi connectivity index (χ2v) is 6.02. The first-order valence-electron chi connectivity index (χ1n) is 6.02. The largest absolute Gasteiger partial charge is 0.508 e. The van der Waals surface area contributed by atoms with Crippen LogP contribution in [0.4, 0.5) is 0 Å². The van der Waals surface area contributed by atoms with Gasteiger partial charge in [-0.05, 0) is 36.9 Å². The number of phenolic OH excluding ortho intramolecular Hbond substituents is 1. The summed E-state index contributed by atoms with van der Waals surface area (Å²) in [5.41, 5.74) is 1.01. The van der Waals surface area contributed by atoms with Crippen molar-refractivity contribution in [2.24, 2.45) is 0 Å². The Bertz CT molecular complexity index is 662. The molecule has 108 valence electrons. The first kappa shape index (κ1) is 14.6. The van der Waals surface area contributed by atoms with Crippen molar-refractivity contribution in [2.75, 3.05) is 7.05 Å². The Balaban J connectivity index is 1.90. The van der Waals surface area contributed by atoms with Crippen molar-refractivity contribution in [3.8, 4) is 5.75 Å². The lowest BCUT2D eigenvalue weighted by molar-refractivity contribution is 0.400. The summed E-state index contributed by atoms with van der Waals surface area (Å²) in [5.74, 6) is 0.763. The molecule has 1 aromatic heterocycles. The quantitative estimate of drug-likeness (QED) is 0.744. The van der Waals surface area contributed by atoms with E-state index in [1.807, 2.05) is 0 Å². The molecule has 0 radical (unpaired) electrons. The van der Waals surface area contributed by atoms with Gasteiger partial charge in [0.15, 0.2) is 0 Å². The van der Waals surface area contributed by atoms with Gasteiger partial charge >= 0.3 is 0 Å². The van der Waals surface area contributed by atoms with Gasteiger partial charge in [0.05, 0.1) is 6.54 Å². The van der Waals surface area contributed by atoms with Gasteiger partial charge in [-0.2, -0.15) is 0 Å². The summed E-state index contributed by atoms with van der Waals surface area (Å²) in [6, 6.07) is 9.88. The lowest BCUT2D eigenvalue weighted by Gasteiger charge is -2.03. The highest BCUT2D eigenvalue weighted by Crippen LogP contribution is 2.14. The summed E-state index contributed by atoms with van der Waals surface area (Å²) in [6.07, 6.45) is 0. The van der Waals surface area contributed by atoms with Crippen molar-refractivity contribution >= 4 is 10.0 Å². The zero-order chi connectivity index (χ0) is 14.6. The molecule has 0 saturated carbocycles. The molecule has 0 bridgehead atoms. The Morgan fingerprint density at radius 3 is 2.45 bits per heavy atom. The highest BCUT2D eigenvalue weighted by Gasteiger charge is 2.15. The number of benzene rings is 1. The van der Waals surface area contributed by atoms with Gasteiger partial charge in [0.2, 0.25) is 5.09 Å². The summed E-state index contributed by atoms with van der Waals surface area (Å²) in [5, 5.41) is 12.2. The van der Waals surface area contributed by atoms with E-state index in [1.165, 1.54) is 13.1 Å². The van der Waals surface area contributed by atoms with Crippen LogP contribution in [0.2, 0.25) is 0 Å². The van der Waals surface area contributed by atoms with Gasteiger partial charge in [-0.1, -0.05) is 12.1 Å². The summed E-state index contributed by atoms with van der Waals surface area (Å²) < 4.78 is 30.4. The van der Waals surface area contributed by atoms with E-state index < -0.39 is 10.0 Å². The lowest BCUT2D eigenvalue weighted by Crippen LogP contribution is -2.17. The number of phenols is 1. The highest BCUT2D eigenvalue weighted by atomic mass is 32.2. The summed E-state index contributed by atoms with van der Waals surface area (Å²) in [6.45, 7) is 1.01. The first-order chi connectivity index (χ1) is 9.51. The molecule has 0 aliphatic heterocycles. The fraction of sp³-hybridized carbons (Fsp3) is 0.231. The van der Waals surface area contributed by atoms with Gasteiger partial charge in [0.25, 0.3) is 10.0 Å². The molecule has 1 aromatic carbocycles. The van der Waals surface area contributed by atoms with Crippen molar-refractivity contribution in [1.29, 1.82) is 0 Å². The molecule has 0 aliphatic carbocycles. The number of rotatable bonds is 6. The summed E-state index contributed by atoms with van der Waals surface area (Å²) in [7, 11) is -2.20. The van der Waals surface area contributed by atoms with E-state index in [4.69, 9.17) is 9.52 Å². The molecule has 0 atom stereocenters. The van der Waals surface area contributed by atoms with Gasteiger partial charge in [-0.3, -0.25) is 0 Å². The molecule has 7 heteroatoms. The monoisotopic (exact) mass is 296 g/mol. The minimum absolute atomic E-state index is 0.0959. The molecule has 6 nitrogen and oxygen atoms in total. The number of furan rings is 1. The van der Waals surface area contributed by atoms with Gasteiger partial charge < -0.3 is 14.8 Å². The predicted octanol–water partition coefficient (Wildman–Crippen LogP) is 1.18. The van der Waals surface area contributed by atoms with Crippen LogP contribution in [0.3, 0.4) is 0 Å². The predicted molar refractivity (Wildman–Crippen MR) is 73.6 cm³/mol. The number of sulfonamides is 1. The molecule has 3 N–H and O–H groups in total. The average Bonchev–Trinajstić information content (AvgIpc) is 2.91. The van der Waals surface area contributed by atoms with Crippen molar-refractivity contribution in [1.82, 2.24) is 10.0 Å². The van der Waals surface area contributed by atoms with Crippen LogP contribution in [0.5, 0.6) is 5.75 Å². The van der Waals surface area contributed by atoms with E-state index in [-0.39, 0.29) is 10.8 Å². The third kappa shape index (κ3) is 3.60. The second-order valence-electron chi connectivity index (χ2n) is 4.20. The molecule has 2 rings (SSSR count). The number of nitrogens with one attached hydrogen (secondary N) is 2. The Morgan fingerprint density at radius 2 is 1.80 bits per heavy atom. The van der Waals surface area contributed by atoms with Gasteiger partial charge in [0.1, 0.15) is 11.5 Å². The number of hydrogen-bond donors (Lipinski definition) is 3. The Labute approximate surface area is 117 Å². The normalized spacial score (nSPS) is 11.7. The fourth-order valence-corrected chi connectivity index (χ4v) is 2.31. The van der Waals surface area contributed by atoms with Crippen LogP contribution in [0.25, 0.3) is 0 Å². The van der Waals surface area contributed by atoms with Crippen molar-refractivity contribution in [3.63, 3.8) is 0 Å². The Hall–Kier alpha value is -1.83. The average molecular weight is 296 g/mol. The zero-order valence-corrected chi connectivity index (χ0v) is 11.8. The van der Waals surface area contributed by atoms with Crippen LogP contribution in [-0.2, 0) is 23.1 Å². The highest BCUT2D eigenvalue weighted by molar-refractivity contribution is 7.89. The first-order valence-corrected chi connectivity index (χ1v) is 7.50. The maximum atomic E-state index is 11.5. The minimum Gasteiger partial charge on any atom is -0.508 e. The summed E-state index contributed by atoms with van der Waals surface area (Å²) in [4.78, 5) is 0. The Kier molecular flexibility index (Phi) is 4.43. The molecule has 0 spiro atoms. The fourth-order valence-electron chi connectivity index (χ4n) is 1.64. The molecule has 0 amide bonds. The standard InChI is InChI=1S/C13H16N2O4S/c1-14-20(17,18)13-7-6-12(19-13)9-15-8-10-2-4-11(16)5-3-10/h2-7,14-16H,8-9H2,1H3. The lowest BCUT2D eigenvalue weighted by atomic mass is 10.2. The minimum atomic E-state index is -3.53. The molecule has 0 unspecified atom stereocenters. The summed E-state index contributed by atoms with van der Waals surface area (Å²) >= 11 is 0. The van der Waals surface area contributed by atoms with Crippen LogP contribution in [0.15, 0.2) is 45.9 Å². The van der Waals surface area contributed by atoms with Crippen LogP contribution < -0.4 is 10.0 Å². The van der Waals surface area contributed by atoms with E-state index in [0.29, 0.717) is 18.8 Å². The van der Waals surface area contributed by atoms with Crippen LogP contribution >= 0.6 is 0 Å². The van der Waals surface area contributed by atoms with Gasteiger partial charge in [-0.25, -0.2) is 13.1 Å². The van der Waals surface area contributed by atoms with Crippen molar-refractivity contribution in [3.05, 3.63) is 47.7 Å². The molecule has 0 saturated heterocycles. The molecular weight excluding hydrogens is 280 g/mol. The third-order valence-electron chi connectivity index (χ3n) is 2.74. The van der Waals surface area contributed by atoms with Crippen LogP contribution in [0.1, 0.15) is 11.3 Å². The van der Waals surface area contributed by atoms with E-state index in [9.17, 15) is 8.42 Å². The smallest absolute Gasteiger partial charge is 0.273 e. The molecule has 0 aliphatic rings. The second kappa shape index (κ2) is 6.08. The molecular formula is C13H16N2O4S. The molecule has 0 fully saturated rings. The molecule has 20 heavy (non-hydrogen) atoms. The number of hydrogen-bond acceptors (Lipinski definition) is 5. The van der Waals surface area contributed by atoms with E-state index in [0.717, 1.165) is 5.56 Å². The van der Waals surface area contributed by atoms with Gasteiger partial charge in [-0.15, -0.1) is 0 Å². The zero-order valence-electron chi connectivity index (χ0n) is 11.0. The Morgan fingerprint density at radius 1 is 1.10 bits per heavy atom. The number of aromatic hydroxyl groups is 1.